The minimum Gasteiger partial charge on any atom is -0.337 e. The van der Waals surface area contributed by atoms with Gasteiger partial charge in [-0.1, -0.05) is 24.3 Å². The van der Waals surface area contributed by atoms with Gasteiger partial charge in [-0.3, -0.25) is 4.79 Å². The van der Waals surface area contributed by atoms with Gasteiger partial charge in [0, 0.05) is 43.7 Å². The van der Waals surface area contributed by atoms with Gasteiger partial charge in [-0.2, -0.15) is 0 Å². The van der Waals surface area contributed by atoms with Crippen LogP contribution in [0, 0.1) is 0 Å². The number of rotatable bonds is 2. The van der Waals surface area contributed by atoms with Gasteiger partial charge in [-0.25, -0.2) is 4.98 Å². The second-order valence-corrected chi connectivity index (χ2v) is 7.90. The molecule has 142 valence electrons. The van der Waals surface area contributed by atoms with Gasteiger partial charge in [0.1, 0.15) is 5.82 Å². The van der Waals surface area contributed by atoms with E-state index < -0.39 is 0 Å². The van der Waals surface area contributed by atoms with Crippen molar-refractivity contribution in [1.82, 2.24) is 14.5 Å². The van der Waals surface area contributed by atoms with Crippen molar-refractivity contribution in [1.29, 1.82) is 0 Å². The van der Waals surface area contributed by atoms with Gasteiger partial charge in [0.25, 0.3) is 5.91 Å². The average Bonchev–Trinajstić information content (AvgIpc) is 3.28. The summed E-state index contributed by atoms with van der Waals surface area (Å²) in [7, 11) is 2.04. The molecule has 2 aromatic carbocycles. The number of carbonyl (C=O) groups is 1. The molecule has 2 aliphatic rings. The number of fused-ring (bicyclic) bond motifs is 2. The number of nitrogens with zero attached hydrogens (tertiary/aromatic N) is 3. The first kappa shape index (κ1) is 17.2. The lowest BCUT2D eigenvalue weighted by Gasteiger charge is -2.30. The van der Waals surface area contributed by atoms with Crippen LogP contribution in [0.3, 0.4) is 0 Å². The van der Waals surface area contributed by atoms with E-state index in [2.05, 4.69) is 34.9 Å². The third-order valence-electron chi connectivity index (χ3n) is 5.93. The second-order valence-electron chi connectivity index (χ2n) is 7.90. The first-order valence-electron chi connectivity index (χ1n) is 9.90. The first-order chi connectivity index (χ1) is 13.6. The normalized spacial score (nSPS) is 19.0. The molecule has 5 heteroatoms. The fourth-order valence-electron chi connectivity index (χ4n) is 4.42. The maximum Gasteiger partial charge on any atom is 0.253 e. The van der Waals surface area contributed by atoms with Gasteiger partial charge in [-0.15, -0.1) is 0 Å². The average molecular weight is 372 g/mol. The van der Waals surface area contributed by atoms with E-state index >= 15 is 0 Å². The Morgan fingerprint density at radius 3 is 2.89 bits per heavy atom. The van der Waals surface area contributed by atoms with E-state index in [1.165, 1.54) is 16.7 Å². The molecule has 1 aliphatic carbocycles. The van der Waals surface area contributed by atoms with Crippen LogP contribution in [0.1, 0.15) is 40.2 Å². The van der Waals surface area contributed by atoms with Crippen molar-refractivity contribution >= 4 is 28.6 Å². The molecule has 2 N–H and O–H groups in total. The summed E-state index contributed by atoms with van der Waals surface area (Å²) in [5.41, 5.74) is 12.5. The zero-order chi connectivity index (χ0) is 19.3. The molecule has 1 atom stereocenters. The lowest BCUT2D eigenvalue weighted by molar-refractivity contribution is 0.0709. The molecule has 0 bridgehead atoms. The minimum atomic E-state index is 0.0525. The monoisotopic (exact) mass is 372 g/mol. The van der Waals surface area contributed by atoms with Crippen molar-refractivity contribution in [3.63, 3.8) is 0 Å². The van der Waals surface area contributed by atoms with Gasteiger partial charge in [0.2, 0.25) is 0 Å². The topological polar surface area (TPSA) is 64.2 Å². The summed E-state index contributed by atoms with van der Waals surface area (Å²) in [5, 5.41) is 0. The number of hydrogen-bond acceptors (Lipinski definition) is 3. The van der Waals surface area contributed by atoms with Crippen molar-refractivity contribution in [3.05, 3.63) is 65.0 Å². The van der Waals surface area contributed by atoms with Crippen LogP contribution in [0.4, 0.5) is 0 Å². The molecule has 0 radical (unpaired) electrons. The molecule has 5 nitrogen and oxygen atoms in total. The van der Waals surface area contributed by atoms with Crippen LogP contribution >= 0.6 is 0 Å². The zero-order valence-electron chi connectivity index (χ0n) is 16.1. The molecular formula is C23H24N4O. The summed E-state index contributed by atoms with van der Waals surface area (Å²) in [6.45, 7) is 1.42. The Bertz CT molecular complexity index is 1110. The van der Waals surface area contributed by atoms with E-state index in [9.17, 15) is 4.79 Å². The lowest BCUT2D eigenvalue weighted by atomic mass is 10.1. The number of benzene rings is 2. The molecular weight excluding hydrogens is 348 g/mol. The Labute approximate surface area is 164 Å². The highest BCUT2D eigenvalue weighted by Gasteiger charge is 2.24. The molecule has 1 aliphatic heterocycles. The summed E-state index contributed by atoms with van der Waals surface area (Å²) < 4.78 is 2.12. The van der Waals surface area contributed by atoms with Crippen LogP contribution in [0.2, 0.25) is 0 Å². The molecule has 1 fully saturated rings. The maximum absolute atomic E-state index is 12.9. The Balaban J connectivity index is 1.48. The van der Waals surface area contributed by atoms with E-state index in [4.69, 9.17) is 10.7 Å². The Morgan fingerprint density at radius 2 is 2.07 bits per heavy atom. The Kier molecular flexibility index (Phi) is 4.05. The molecule has 1 saturated heterocycles. The first-order valence-corrected chi connectivity index (χ1v) is 9.90. The number of aryl methyl sites for hydroxylation is 1. The number of aromatic nitrogens is 2. The van der Waals surface area contributed by atoms with Crippen LogP contribution in [-0.2, 0) is 13.5 Å². The molecule has 0 spiro atoms. The molecule has 5 rings (SSSR count). The SMILES string of the molecule is Cn1c(C2=Cc3ccccc3C2)nc2cc(C(=O)N3CCC[C@@H](N)C3)ccc21. The molecule has 1 amide bonds. The molecule has 0 unspecified atom stereocenters. The predicted molar refractivity (Wildman–Crippen MR) is 112 cm³/mol. The maximum atomic E-state index is 12.9. The molecule has 3 aromatic rings. The van der Waals surface area contributed by atoms with Gasteiger partial charge in [0.15, 0.2) is 0 Å². The summed E-state index contributed by atoms with van der Waals surface area (Å²) in [4.78, 5) is 19.7. The number of piperidine rings is 1. The highest BCUT2D eigenvalue weighted by molar-refractivity contribution is 5.98. The standard InChI is InChI=1S/C23H24N4O/c1-26-21-9-8-17(23(28)27-10-4-7-19(24)14-27)13-20(21)25-22(26)18-11-15-5-2-3-6-16(15)12-18/h2-3,5-6,8-9,11,13,19H,4,7,10,12,14,24H2,1H3/t19-/m1/s1. The largest absolute Gasteiger partial charge is 0.337 e. The zero-order valence-corrected chi connectivity index (χ0v) is 16.1. The Hall–Kier alpha value is -2.92. The number of carbonyl (C=O) groups excluding carboxylic acids is 1. The number of allylic oxidation sites excluding steroid dienone is 1. The highest BCUT2D eigenvalue weighted by atomic mass is 16.2. The van der Waals surface area contributed by atoms with E-state index in [-0.39, 0.29) is 11.9 Å². The van der Waals surface area contributed by atoms with Gasteiger partial charge >= 0.3 is 0 Å². The van der Waals surface area contributed by atoms with Crippen LogP contribution in [0.25, 0.3) is 22.7 Å². The Morgan fingerprint density at radius 1 is 1.21 bits per heavy atom. The van der Waals surface area contributed by atoms with Crippen LogP contribution in [0.5, 0.6) is 0 Å². The van der Waals surface area contributed by atoms with Crippen LogP contribution < -0.4 is 5.73 Å². The van der Waals surface area contributed by atoms with Crippen molar-refractivity contribution in [2.75, 3.05) is 13.1 Å². The molecule has 2 heterocycles. The number of nitrogens with two attached hydrogens (primary N) is 1. The van der Waals surface area contributed by atoms with Crippen molar-refractivity contribution in [3.8, 4) is 0 Å². The fourth-order valence-corrected chi connectivity index (χ4v) is 4.42. The predicted octanol–water partition coefficient (Wildman–Crippen LogP) is 3.23. The smallest absolute Gasteiger partial charge is 0.253 e. The molecule has 0 saturated carbocycles. The van der Waals surface area contributed by atoms with Crippen LogP contribution in [0.15, 0.2) is 42.5 Å². The lowest BCUT2D eigenvalue weighted by Crippen LogP contribution is -2.45. The van der Waals surface area contributed by atoms with E-state index in [0.29, 0.717) is 12.1 Å². The van der Waals surface area contributed by atoms with Crippen LogP contribution in [-0.4, -0.2) is 39.5 Å². The number of hydrogen-bond donors (Lipinski definition) is 1. The summed E-state index contributed by atoms with van der Waals surface area (Å²) >= 11 is 0. The quantitative estimate of drug-likeness (QED) is 0.751. The molecule has 1 aromatic heterocycles. The second kappa shape index (κ2) is 6.60. The van der Waals surface area contributed by atoms with Crippen molar-refractivity contribution < 1.29 is 4.79 Å². The van der Waals surface area contributed by atoms with E-state index in [0.717, 1.165) is 42.7 Å². The van der Waals surface area contributed by atoms with Crippen molar-refractivity contribution in [2.45, 2.75) is 25.3 Å². The number of amides is 1. The third kappa shape index (κ3) is 2.83. The number of imidazole rings is 1. The summed E-state index contributed by atoms with van der Waals surface area (Å²) in [6, 6.07) is 14.4. The third-order valence-corrected chi connectivity index (χ3v) is 5.93. The minimum absolute atomic E-state index is 0.0525. The van der Waals surface area contributed by atoms with Crippen molar-refractivity contribution in [2.24, 2.45) is 12.8 Å². The molecule has 28 heavy (non-hydrogen) atoms. The van der Waals surface area contributed by atoms with E-state index in [1.54, 1.807) is 0 Å². The van der Waals surface area contributed by atoms with E-state index in [1.807, 2.05) is 30.1 Å². The summed E-state index contributed by atoms with van der Waals surface area (Å²) in [5.74, 6) is 1.02. The highest BCUT2D eigenvalue weighted by Crippen LogP contribution is 2.32. The van der Waals surface area contributed by atoms with Gasteiger partial charge in [0.05, 0.1) is 11.0 Å². The summed E-state index contributed by atoms with van der Waals surface area (Å²) in [6.07, 6.45) is 5.07. The van der Waals surface area contributed by atoms with Gasteiger partial charge < -0.3 is 15.2 Å². The number of likely N-dealkylation sites (tertiary alicyclic amines) is 1. The van der Waals surface area contributed by atoms with Gasteiger partial charge in [-0.05, 0) is 48.2 Å². The fraction of sp³-hybridized carbons (Fsp3) is 0.304.